The van der Waals surface area contributed by atoms with Crippen LogP contribution in [0.1, 0.15) is 63.4 Å². The highest BCUT2D eigenvalue weighted by Crippen LogP contribution is 2.34. The molecule has 254 valence electrons. The number of likely N-dealkylation sites (N-methyl/N-ethyl adjacent to an activating group) is 1. The number of aromatic nitrogens is 2. The van der Waals surface area contributed by atoms with E-state index in [2.05, 4.69) is 9.88 Å². The summed E-state index contributed by atoms with van der Waals surface area (Å²) in [5, 5.41) is 0.290. The van der Waals surface area contributed by atoms with E-state index >= 15 is 0 Å². The van der Waals surface area contributed by atoms with Crippen molar-refractivity contribution in [1.29, 1.82) is 0 Å². The Morgan fingerprint density at radius 3 is 2.33 bits per heavy atom. The zero-order chi connectivity index (χ0) is 40.5. The van der Waals surface area contributed by atoms with Gasteiger partial charge in [-0.1, -0.05) is 74.0 Å². The molecule has 0 bridgehead atoms. The number of carbonyl (C=O) groups is 1. The fourth-order valence-corrected chi connectivity index (χ4v) is 6.53. The van der Waals surface area contributed by atoms with Crippen LogP contribution < -0.4 is 5.56 Å². The maximum absolute atomic E-state index is 14.4. The molecule has 3 aromatic carbocycles. The first-order valence-electron chi connectivity index (χ1n) is 19.2. The molecule has 0 fully saturated rings. The molecule has 1 aliphatic carbocycles. The van der Waals surface area contributed by atoms with Gasteiger partial charge in [-0.15, -0.1) is 0 Å². The van der Waals surface area contributed by atoms with Crippen molar-refractivity contribution in [3.63, 3.8) is 0 Å². The maximum Gasteiger partial charge on any atom is 0.416 e. The third kappa shape index (κ3) is 8.54. The molecular formula is C37H40F4N4O2S. The first kappa shape index (κ1) is 26.9. The second kappa shape index (κ2) is 15.5. The molecule has 0 saturated heterocycles. The summed E-state index contributed by atoms with van der Waals surface area (Å²) in [5.74, 6) is -0.525. The SMILES string of the molecule is [2H]c1c([2H])c(-c2c([2H])c([2H])c(C(F)(F)F)c(C)c2[2H])c([2H])c([2H])c1CN(CCN(CC)CC)C(=O)Cn1c(SCc2ccc(F)cc2)nc(=O)c2c1CCC2. The second-order valence-electron chi connectivity index (χ2n) is 11.4. The lowest BCUT2D eigenvalue weighted by Crippen LogP contribution is -2.40. The van der Waals surface area contributed by atoms with E-state index in [1.807, 2.05) is 13.8 Å². The van der Waals surface area contributed by atoms with E-state index in [0.717, 1.165) is 12.5 Å². The van der Waals surface area contributed by atoms with Gasteiger partial charge in [0.15, 0.2) is 5.16 Å². The Hall–Kier alpha value is -3.96. The van der Waals surface area contributed by atoms with Crippen LogP contribution in [0.15, 0.2) is 76.5 Å². The van der Waals surface area contributed by atoms with E-state index in [0.29, 0.717) is 61.1 Å². The van der Waals surface area contributed by atoms with E-state index in [-0.39, 0.29) is 30.8 Å². The fourth-order valence-electron chi connectivity index (χ4n) is 5.56. The Balaban J connectivity index is 1.56. The standard InChI is InChI=1S/C37H40F4N4O2S/c1-4-43(5-2)19-20-44(22-26-9-13-28(14-10-26)29-15-18-32(25(3)21-29)37(39,40)41)34(46)23-45-33-8-6-7-31(33)35(47)42-36(45)48-24-27-11-16-30(38)17-12-27/h9-18,21H,4-8,19-20,22-24H2,1-3H3/i9D,10D,13D,14D,15D,18D,21D. The van der Waals surface area contributed by atoms with Crippen LogP contribution >= 0.6 is 11.8 Å². The van der Waals surface area contributed by atoms with Crippen LogP contribution in [0.25, 0.3) is 11.1 Å². The molecule has 6 nitrogen and oxygen atoms in total. The Kier molecular flexibility index (Phi) is 8.70. The topological polar surface area (TPSA) is 58.4 Å². The first-order chi connectivity index (χ1) is 25.9. The average Bonchev–Trinajstić information content (AvgIpc) is 3.64. The number of amides is 1. The normalized spacial score (nSPS) is 14.9. The quantitative estimate of drug-likeness (QED) is 0.0827. The molecule has 48 heavy (non-hydrogen) atoms. The van der Waals surface area contributed by atoms with Gasteiger partial charge in [-0.05, 0) is 85.3 Å². The average molecular weight is 688 g/mol. The molecule has 0 saturated carbocycles. The molecule has 11 heteroatoms. The molecule has 0 aliphatic heterocycles. The molecule has 0 unspecified atom stereocenters. The van der Waals surface area contributed by atoms with E-state index in [1.165, 1.54) is 28.8 Å². The van der Waals surface area contributed by atoms with Crippen molar-refractivity contribution < 1.29 is 32.0 Å². The lowest BCUT2D eigenvalue weighted by molar-refractivity contribution is -0.138. The van der Waals surface area contributed by atoms with Crippen LogP contribution in [0.4, 0.5) is 17.6 Å². The number of rotatable bonds is 13. The van der Waals surface area contributed by atoms with E-state index in [4.69, 9.17) is 9.60 Å². The predicted octanol–water partition coefficient (Wildman–Crippen LogP) is 7.53. The molecule has 1 aromatic heterocycles. The van der Waals surface area contributed by atoms with Crippen molar-refractivity contribution >= 4 is 17.7 Å². The van der Waals surface area contributed by atoms with Gasteiger partial charge in [0.05, 0.1) is 15.2 Å². The molecule has 0 spiro atoms. The van der Waals surface area contributed by atoms with Gasteiger partial charge in [-0.3, -0.25) is 9.59 Å². The van der Waals surface area contributed by atoms with E-state index in [9.17, 15) is 27.2 Å². The van der Waals surface area contributed by atoms with Crippen LogP contribution in [-0.2, 0) is 42.7 Å². The summed E-state index contributed by atoms with van der Waals surface area (Å²) in [5.41, 5.74) is -1.99. The number of nitrogens with zero attached hydrogens (tertiary/aromatic N) is 4. The zero-order valence-electron chi connectivity index (χ0n) is 33.9. The summed E-state index contributed by atoms with van der Waals surface area (Å²) in [6, 6.07) is 0.0578. The summed E-state index contributed by atoms with van der Waals surface area (Å²) in [6.07, 6.45) is -3.32. The van der Waals surface area contributed by atoms with Crippen LogP contribution in [-0.4, -0.2) is 51.4 Å². The minimum absolute atomic E-state index is 0.115. The Bertz CT molecular complexity index is 2120. The number of alkyl halides is 3. The van der Waals surface area contributed by atoms with Crippen molar-refractivity contribution in [2.45, 2.75) is 70.2 Å². The summed E-state index contributed by atoms with van der Waals surface area (Å²) in [6.45, 7) is 6.03. The Labute approximate surface area is 292 Å². The van der Waals surface area contributed by atoms with Crippen LogP contribution in [0.5, 0.6) is 0 Å². The number of thioether (sulfide) groups is 1. The molecule has 5 rings (SSSR count). The summed E-state index contributed by atoms with van der Waals surface area (Å²) < 4.78 is 117. The summed E-state index contributed by atoms with van der Waals surface area (Å²) in [4.78, 5) is 35.1. The summed E-state index contributed by atoms with van der Waals surface area (Å²) in [7, 11) is 0. The lowest BCUT2D eigenvalue weighted by Gasteiger charge is -2.28. The molecule has 4 aromatic rings. The molecule has 1 aliphatic rings. The van der Waals surface area contributed by atoms with Crippen LogP contribution in [0.3, 0.4) is 0 Å². The highest BCUT2D eigenvalue weighted by molar-refractivity contribution is 7.98. The van der Waals surface area contributed by atoms with Gasteiger partial charge in [0, 0.05) is 36.6 Å². The summed E-state index contributed by atoms with van der Waals surface area (Å²) >= 11 is 1.22. The van der Waals surface area contributed by atoms with E-state index in [1.54, 1.807) is 16.7 Å². The monoisotopic (exact) mass is 687 g/mol. The number of halogens is 4. The molecule has 1 amide bonds. The third-order valence-corrected chi connectivity index (χ3v) is 9.32. The Morgan fingerprint density at radius 2 is 1.67 bits per heavy atom. The first-order valence-corrected chi connectivity index (χ1v) is 16.7. The number of hydrogen-bond acceptors (Lipinski definition) is 5. The minimum atomic E-state index is -5.04. The number of benzene rings is 3. The third-order valence-electron chi connectivity index (χ3n) is 8.27. The maximum atomic E-state index is 14.4. The van der Waals surface area contributed by atoms with Crippen molar-refractivity contribution in [2.24, 2.45) is 0 Å². The molecule has 0 atom stereocenters. The van der Waals surface area contributed by atoms with Crippen molar-refractivity contribution in [3.8, 4) is 11.1 Å². The number of fused-ring (bicyclic) bond motifs is 1. The molecule has 0 radical (unpaired) electrons. The molecule has 1 heterocycles. The highest BCUT2D eigenvalue weighted by Gasteiger charge is 2.32. The van der Waals surface area contributed by atoms with Gasteiger partial charge >= 0.3 is 6.18 Å². The number of carbonyl (C=O) groups excluding carboxylic acids is 1. The fraction of sp³-hybridized carbons (Fsp3) is 0.378. The largest absolute Gasteiger partial charge is 0.416 e. The van der Waals surface area contributed by atoms with Crippen molar-refractivity contribution in [1.82, 2.24) is 19.4 Å². The van der Waals surface area contributed by atoms with Crippen LogP contribution in [0, 0.1) is 12.7 Å². The van der Waals surface area contributed by atoms with Gasteiger partial charge in [0.2, 0.25) is 5.91 Å². The zero-order valence-corrected chi connectivity index (χ0v) is 27.7. The van der Waals surface area contributed by atoms with Gasteiger partial charge in [0.1, 0.15) is 12.4 Å². The van der Waals surface area contributed by atoms with Crippen molar-refractivity contribution in [3.05, 3.63) is 116 Å². The highest BCUT2D eigenvalue weighted by atomic mass is 32.2. The smallest absolute Gasteiger partial charge is 0.336 e. The lowest BCUT2D eigenvalue weighted by atomic mass is 9.98. The second-order valence-corrected chi connectivity index (χ2v) is 12.4. The van der Waals surface area contributed by atoms with Gasteiger partial charge < -0.3 is 14.4 Å². The predicted molar refractivity (Wildman–Crippen MR) is 181 cm³/mol. The van der Waals surface area contributed by atoms with Crippen molar-refractivity contribution in [2.75, 3.05) is 26.2 Å². The van der Waals surface area contributed by atoms with E-state index < -0.39 is 82.5 Å². The Morgan fingerprint density at radius 1 is 0.979 bits per heavy atom. The number of hydrogen-bond donors (Lipinski definition) is 0. The van der Waals surface area contributed by atoms with Crippen LogP contribution in [0.2, 0.25) is 0 Å². The van der Waals surface area contributed by atoms with Gasteiger partial charge in [-0.25, -0.2) is 4.39 Å². The molecule has 0 N–H and O–H groups in total. The van der Waals surface area contributed by atoms with Gasteiger partial charge in [-0.2, -0.15) is 18.2 Å². The molecular weight excluding hydrogens is 640 g/mol. The minimum Gasteiger partial charge on any atom is -0.336 e. The van der Waals surface area contributed by atoms with Gasteiger partial charge in [0.25, 0.3) is 5.56 Å².